The third-order valence-corrected chi connectivity index (χ3v) is 4.76. The summed E-state index contributed by atoms with van der Waals surface area (Å²) in [5, 5.41) is 9.90. The third kappa shape index (κ3) is 2.40. The number of rotatable bonds is 1. The number of carbonyl (C=O) groups excluding carboxylic acids is 1. The fourth-order valence-electron chi connectivity index (χ4n) is 3.63. The van der Waals surface area contributed by atoms with Crippen molar-refractivity contribution in [2.45, 2.75) is 32.2 Å². The van der Waals surface area contributed by atoms with E-state index in [4.69, 9.17) is 5.73 Å². The number of amides is 1. The molecular formula is C16H22N2O2. The van der Waals surface area contributed by atoms with Crippen LogP contribution < -0.4 is 5.73 Å². The van der Waals surface area contributed by atoms with Crippen LogP contribution >= 0.6 is 0 Å². The van der Waals surface area contributed by atoms with E-state index in [9.17, 15) is 9.90 Å². The number of benzene rings is 1. The maximum Gasteiger partial charge on any atom is 0.257 e. The number of carbonyl (C=O) groups is 1. The summed E-state index contributed by atoms with van der Waals surface area (Å²) < 4.78 is 0. The smallest absolute Gasteiger partial charge is 0.257 e. The van der Waals surface area contributed by atoms with Crippen molar-refractivity contribution >= 4 is 5.91 Å². The molecule has 108 valence electrons. The molecule has 2 fully saturated rings. The molecule has 0 bridgehead atoms. The monoisotopic (exact) mass is 274 g/mol. The van der Waals surface area contributed by atoms with Gasteiger partial charge in [0.1, 0.15) is 5.75 Å². The van der Waals surface area contributed by atoms with Crippen LogP contribution in [0.3, 0.4) is 0 Å². The topological polar surface area (TPSA) is 66.6 Å². The van der Waals surface area contributed by atoms with Crippen LogP contribution in [-0.2, 0) is 0 Å². The lowest BCUT2D eigenvalue weighted by Crippen LogP contribution is -2.32. The van der Waals surface area contributed by atoms with E-state index < -0.39 is 0 Å². The number of hydrogen-bond donors (Lipinski definition) is 2. The molecule has 3 rings (SSSR count). The number of phenolic OH excluding ortho intramolecular Hbond substituents is 1. The summed E-state index contributed by atoms with van der Waals surface area (Å²) in [4.78, 5) is 14.5. The zero-order chi connectivity index (χ0) is 14.3. The predicted octanol–water partition coefficient (Wildman–Crippen LogP) is 1.90. The van der Waals surface area contributed by atoms with E-state index in [2.05, 4.69) is 0 Å². The molecule has 1 aromatic rings. The highest BCUT2D eigenvalue weighted by molar-refractivity contribution is 5.97. The molecule has 4 heteroatoms. The van der Waals surface area contributed by atoms with Gasteiger partial charge >= 0.3 is 0 Å². The number of fused-ring (bicyclic) bond motifs is 1. The molecule has 0 aromatic heterocycles. The summed E-state index contributed by atoms with van der Waals surface area (Å²) in [6.45, 7) is 3.52. The first-order valence-corrected chi connectivity index (χ1v) is 7.39. The predicted molar refractivity (Wildman–Crippen MR) is 77.6 cm³/mol. The highest BCUT2D eigenvalue weighted by Gasteiger charge is 2.39. The molecule has 0 radical (unpaired) electrons. The lowest BCUT2D eigenvalue weighted by atomic mass is 9.79. The third-order valence-electron chi connectivity index (χ3n) is 4.76. The number of nitrogens with two attached hydrogens (primary N) is 1. The van der Waals surface area contributed by atoms with Crippen molar-refractivity contribution < 1.29 is 9.90 Å². The average molecular weight is 274 g/mol. The van der Waals surface area contributed by atoms with Crippen molar-refractivity contribution in [1.29, 1.82) is 0 Å². The average Bonchev–Trinajstić information content (AvgIpc) is 2.83. The van der Waals surface area contributed by atoms with Gasteiger partial charge in [-0.05, 0) is 50.2 Å². The maximum atomic E-state index is 12.6. The van der Waals surface area contributed by atoms with Gasteiger partial charge in [0.15, 0.2) is 0 Å². The van der Waals surface area contributed by atoms with Gasteiger partial charge in [0.25, 0.3) is 5.91 Å². The highest BCUT2D eigenvalue weighted by atomic mass is 16.3. The normalized spacial score (nSPS) is 29.3. The van der Waals surface area contributed by atoms with Gasteiger partial charge in [-0.1, -0.05) is 11.6 Å². The zero-order valence-electron chi connectivity index (χ0n) is 11.9. The highest BCUT2D eigenvalue weighted by Crippen LogP contribution is 2.36. The van der Waals surface area contributed by atoms with Crippen molar-refractivity contribution in [3.63, 3.8) is 0 Å². The lowest BCUT2D eigenvalue weighted by Gasteiger charge is -2.27. The van der Waals surface area contributed by atoms with Crippen LogP contribution in [-0.4, -0.2) is 35.0 Å². The largest absolute Gasteiger partial charge is 0.507 e. The Bertz CT molecular complexity index is 529. The number of aromatic hydroxyl groups is 1. The van der Waals surface area contributed by atoms with Crippen molar-refractivity contribution in [2.75, 3.05) is 13.1 Å². The van der Waals surface area contributed by atoms with Crippen molar-refractivity contribution in [3.05, 3.63) is 29.3 Å². The quantitative estimate of drug-likeness (QED) is 0.822. The van der Waals surface area contributed by atoms with E-state index in [1.165, 1.54) is 0 Å². The lowest BCUT2D eigenvalue weighted by molar-refractivity contribution is 0.0781. The van der Waals surface area contributed by atoms with Crippen molar-refractivity contribution in [2.24, 2.45) is 17.6 Å². The molecule has 1 aliphatic carbocycles. The number of phenols is 1. The van der Waals surface area contributed by atoms with Crippen LogP contribution in [0.2, 0.25) is 0 Å². The summed E-state index contributed by atoms with van der Waals surface area (Å²) in [6.07, 6.45) is 3.21. The first-order valence-electron chi connectivity index (χ1n) is 7.39. The number of nitrogens with zero attached hydrogens (tertiary/aromatic N) is 1. The van der Waals surface area contributed by atoms with Crippen LogP contribution in [0.1, 0.15) is 35.2 Å². The van der Waals surface area contributed by atoms with Gasteiger partial charge in [0.05, 0.1) is 5.56 Å². The van der Waals surface area contributed by atoms with Crippen LogP contribution in [0.15, 0.2) is 18.2 Å². The molecular weight excluding hydrogens is 252 g/mol. The minimum atomic E-state index is -0.0471. The first-order chi connectivity index (χ1) is 9.54. The second kappa shape index (κ2) is 5.09. The van der Waals surface area contributed by atoms with E-state index in [0.717, 1.165) is 37.9 Å². The molecule has 20 heavy (non-hydrogen) atoms. The van der Waals surface area contributed by atoms with Crippen molar-refractivity contribution in [3.8, 4) is 5.75 Å². The summed E-state index contributed by atoms with van der Waals surface area (Å²) in [5.41, 5.74) is 7.44. The fraction of sp³-hybridized carbons (Fsp3) is 0.562. The molecule has 2 aliphatic rings. The van der Waals surface area contributed by atoms with Gasteiger partial charge in [-0.25, -0.2) is 0 Å². The van der Waals surface area contributed by atoms with E-state index in [0.29, 0.717) is 23.4 Å². The molecule has 1 amide bonds. The first kappa shape index (κ1) is 13.4. The van der Waals surface area contributed by atoms with E-state index in [-0.39, 0.29) is 11.7 Å². The summed E-state index contributed by atoms with van der Waals surface area (Å²) >= 11 is 0. The Morgan fingerprint density at radius 1 is 1.30 bits per heavy atom. The van der Waals surface area contributed by atoms with Crippen LogP contribution in [0, 0.1) is 18.8 Å². The van der Waals surface area contributed by atoms with Crippen molar-refractivity contribution in [1.82, 2.24) is 4.90 Å². The van der Waals surface area contributed by atoms with E-state index in [1.807, 2.05) is 17.9 Å². The molecule has 1 aliphatic heterocycles. The minimum absolute atomic E-state index is 0.0471. The Morgan fingerprint density at radius 3 is 2.85 bits per heavy atom. The Kier molecular flexibility index (Phi) is 3.42. The second-order valence-corrected chi connectivity index (χ2v) is 6.32. The second-order valence-electron chi connectivity index (χ2n) is 6.32. The van der Waals surface area contributed by atoms with Gasteiger partial charge in [0.2, 0.25) is 0 Å². The maximum absolute atomic E-state index is 12.6. The molecule has 0 spiro atoms. The van der Waals surface area contributed by atoms with Gasteiger partial charge in [-0.15, -0.1) is 0 Å². The van der Waals surface area contributed by atoms with E-state index in [1.54, 1.807) is 12.1 Å². The van der Waals surface area contributed by atoms with Crippen LogP contribution in [0.4, 0.5) is 0 Å². The van der Waals surface area contributed by atoms with Crippen LogP contribution in [0.25, 0.3) is 0 Å². The Hall–Kier alpha value is -1.55. The number of hydrogen-bond acceptors (Lipinski definition) is 3. The van der Waals surface area contributed by atoms with Gasteiger partial charge in [0, 0.05) is 19.1 Å². The SMILES string of the molecule is Cc1ccc(O)c(C(=O)N2C[C@H]3CCC(N)C[C@H]3C2)c1. The minimum Gasteiger partial charge on any atom is -0.507 e. The standard InChI is InChI=1S/C16H22N2O2/c1-10-2-5-15(19)14(6-10)16(20)18-8-11-3-4-13(17)7-12(11)9-18/h2,5-6,11-13,19H,3-4,7-9,17H2,1H3/t11-,12+,13?/m1/s1. The van der Waals surface area contributed by atoms with Gasteiger partial charge < -0.3 is 15.7 Å². The number of likely N-dealkylation sites (tertiary alicyclic amines) is 1. The Labute approximate surface area is 119 Å². The zero-order valence-corrected chi connectivity index (χ0v) is 11.9. The molecule has 3 atom stereocenters. The fourth-order valence-corrected chi connectivity index (χ4v) is 3.63. The summed E-state index contributed by atoms with van der Waals surface area (Å²) in [5.74, 6) is 1.15. The summed E-state index contributed by atoms with van der Waals surface area (Å²) in [6, 6.07) is 5.47. The molecule has 3 N–H and O–H groups in total. The Morgan fingerprint density at radius 2 is 2.05 bits per heavy atom. The molecule has 1 aromatic carbocycles. The van der Waals surface area contributed by atoms with Gasteiger partial charge in [-0.3, -0.25) is 4.79 Å². The molecule has 1 unspecified atom stereocenters. The molecule has 1 heterocycles. The number of aryl methyl sites for hydroxylation is 1. The molecule has 4 nitrogen and oxygen atoms in total. The molecule has 1 saturated heterocycles. The molecule has 1 saturated carbocycles. The van der Waals surface area contributed by atoms with E-state index >= 15 is 0 Å². The summed E-state index contributed by atoms with van der Waals surface area (Å²) in [7, 11) is 0. The van der Waals surface area contributed by atoms with Gasteiger partial charge in [-0.2, -0.15) is 0 Å². The van der Waals surface area contributed by atoms with Crippen LogP contribution in [0.5, 0.6) is 5.75 Å². The Balaban J connectivity index is 1.77.